The molecule has 2 nitrogen and oxygen atoms in total. The fourth-order valence-corrected chi connectivity index (χ4v) is 0.152. The van der Waals surface area contributed by atoms with Crippen LogP contribution in [0.5, 0.6) is 0 Å². The van der Waals surface area contributed by atoms with Crippen LogP contribution in [-0.2, 0) is 22.8 Å². The van der Waals surface area contributed by atoms with Gasteiger partial charge in [-0.3, -0.25) is 0 Å². The van der Waals surface area contributed by atoms with Crippen molar-refractivity contribution in [3.63, 3.8) is 0 Å². The van der Waals surface area contributed by atoms with Gasteiger partial charge in [0, 0.05) is 0 Å². The molecule has 0 bridgehead atoms. The van der Waals surface area contributed by atoms with Gasteiger partial charge in [0.25, 0.3) is 0 Å². The molecular formula is C2H2Cl2IrO2. The molecule has 0 aliphatic heterocycles. The minimum atomic E-state index is -3.50. The molecule has 0 aliphatic carbocycles. The predicted octanol–water partition coefficient (Wildman–Crippen LogP) is 0.828. The Morgan fingerprint density at radius 3 is 1.43 bits per heavy atom. The number of rotatable bonds is 2. The molecule has 0 saturated heterocycles. The molecule has 0 aromatic heterocycles. The fraction of sp³-hybridized carbons (Fsp3) is 0. The van der Waals surface area contributed by atoms with Crippen LogP contribution in [0.15, 0.2) is 0 Å². The molecule has 0 heterocycles. The Hall–Kier alpha value is 0.569. The SMILES string of the molecule is O=[CH][Ir]([Cl])([Cl])[CH]=O. The Labute approximate surface area is 51.7 Å². The fourth-order valence-electron chi connectivity index (χ4n) is 0.0185. The summed E-state index contributed by atoms with van der Waals surface area (Å²) in [7, 11) is 10.2. The summed E-state index contributed by atoms with van der Waals surface area (Å²) in [6.45, 7) is 0. The quantitative estimate of drug-likeness (QED) is 0.706. The second-order valence-electron chi connectivity index (χ2n) is 0.607. The van der Waals surface area contributed by atoms with Crippen molar-refractivity contribution in [2.45, 2.75) is 0 Å². The molecule has 45 valence electrons. The van der Waals surface area contributed by atoms with E-state index in [2.05, 4.69) is 0 Å². The zero-order valence-electron chi connectivity index (χ0n) is 3.06. The van der Waals surface area contributed by atoms with Crippen LogP contribution in [0.25, 0.3) is 0 Å². The van der Waals surface area contributed by atoms with Gasteiger partial charge in [0.2, 0.25) is 0 Å². The maximum atomic E-state index is 9.65. The van der Waals surface area contributed by atoms with E-state index in [1.165, 1.54) is 0 Å². The van der Waals surface area contributed by atoms with Crippen LogP contribution >= 0.6 is 19.2 Å². The Bertz CT molecular complexity index is 81.7. The van der Waals surface area contributed by atoms with Crippen molar-refractivity contribution in [3.05, 3.63) is 0 Å². The summed E-state index contributed by atoms with van der Waals surface area (Å²) in [5, 5.41) is 0. The van der Waals surface area contributed by atoms with E-state index in [9.17, 15) is 9.59 Å². The van der Waals surface area contributed by atoms with Crippen LogP contribution in [0, 0.1) is 0 Å². The first kappa shape index (κ1) is 7.57. The zero-order chi connectivity index (χ0) is 5.91. The molecule has 0 spiro atoms. The molecule has 0 aliphatic rings. The van der Waals surface area contributed by atoms with Crippen LogP contribution in [-0.4, -0.2) is 9.60 Å². The average Bonchev–Trinajstić information content (AvgIpc) is 1.68. The molecule has 0 N–H and O–H groups in total. The van der Waals surface area contributed by atoms with Crippen LogP contribution in [0.4, 0.5) is 0 Å². The van der Waals surface area contributed by atoms with E-state index in [-0.39, 0.29) is 0 Å². The van der Waals surface area contributed by atoms with E-state index in [1.54, 1.807) is 0 Å². The number of hydrogen-bond donors (Lipinski definition) is 0. The normalized spacial score (nSPS) is 12.9. The van der Waals surface area contributed by atoms with Gasteiger partial charge in [0.05, 0.1) is 0 Å². The standard InChI is InChI=1S/2CHO.2ClH.Ir/c2*1-2;;;/h2*1H;2*1H;/q;;;;+2/p-2. The summed E-state index contributed by atoms with van der Waals surface area (Å²) >= 11 is -3.50. The van der Waals surface area contributed by atoms with Gasteiger partial charge in [-0.2, -0.15) is 0 Å². The van der Waals surface area contributed by atoms with Crippen molar-refractivity contribution >= 4 is 28.8 Å². The third-order valence-corrected chi connectivity index (χ3v) is 3.66. The van der Waals surface area contributed by atoms with Gasteiger partial charge in [-0.05, 0) is 0 Å². The monoisotopic (exact) mass is 321 g/mol. The minimum absolute atomic E-state index is 0.343. The number of hydrogen-bond acceptors (Lipinski definition) is 2. The Balaban J connectivity index is 3.82. The summed E-state index contributed by atoms with van der Waals surface area (Å²) in [6, 6.07) is 0. The van der Waals surface area contributed by atoms with E-state index < -0.39 is 13.3 Å². The first-order chi connectivity index (χ1) is 3.12. The molecule has 0 radical (unpaired) electrons. The van der Waals surface area contributed by atoms with E-state index in [0.29, 0.717) is 9.60 Å². The first-order valence-corrected chi connectivity index (χ1v) is 9.81. The van der Waals surface area contributed by atoms with Gasteiger partial charge in [-0.15, -0.1) is 0 Å². The molecule has 0 aromatic carbocycles. The van der Waals surface area contributed by atoms with Crippen LogP contribution in [0.2, 0.25) is 0 Å². The van der Waals surface area contributed by atoms with Crippen molar-refractivity contribution in [1.29, 1.82) is 0 Å². The van der Waals surface area contributed by atoms with E-state index in [4.69, 9.17) is 19.2 Å². The average molecular weight is 321 g/mol. The van der Waals surface area contributed by atoms with Crippen molar-refractivity contribution in [2.75, 3.05) is 0 Å². The number of carbonyl (C=O) groups excluding carboxylic acids is 2. The molecule has 0 aromatic rings. The Kier molecular flexibility index (Phi) is 3.00. The Morgan fingerprint density at radius 1 is 1.14 bits per heavy atom. The summed E-state index contributed by atoms with van der Waals surface area (Å²) in [6.07, 6.45) is 0. The molecule has 0 unspecified atom stereocenters. The van der Waals surface area contributed by atoms with Crippen molar-refractivity contribution < 1.29 is 22.8 Å². The zero-order valence-corrected chi connectivity index (χ0v) is 6.97. The van der Waals surface area contributed by atoms with Gasteiger partial charge >= 0.3 is 51.6 Å². The van der Waals surface area contributed by atoms with E-state index >= 15 is 0 Å². The van der Waals surface area contributed by atoms with E-state index in [1.807, 2.05) is 0 Å². The topological polar surface area (TPSA) is 34.1 Å². The van der Waals surface area contributed by atoms with Crippen LogP contribution < -0.4 is 0 Å². The molecule has 0 saturated carbocycles. The molecule has 7 heavy (non-hydrogen) atoms. The first-order valence-electron chi connectivity index (χ1n) is 1.11. The summed E-state index contributed by atoms with van der Waals surface area (Å²) < 4.78 is 0. The molecule has 0 fully saturated rings. The Morgan fingerprint density at radius 2 is 1.43 bits per heavy atom. The van der Waals surface area contributed by atoms with Gasteiger partial charge in [-0.1, -0.05) is 0 Å². The van der Waals surface area contributed by atoms with Crippen molar-refractivity contribution in [3.8, 4) is 0 Å². The van der Waals surface area contributed by atoms with Crippen LogP contribution in [0.3, 0.4) is 0 Å². The van der Waals surface area contributed by atoms with Crippen molar-refractivity contribution in [2.24, 2.45) is 0 Å². The van der Waals surface area contributed by atoms with Crippen LogP contribution in [0.1, 0.15) is 0 Å². The van der Waals surface area contributed by atoms with Gasteiger partial charge in [0.1, 0.15) is 0 Å². The maximum absolute atomic E-state index is 9.65. The molecule has 0 atom stereocenters. The van der Waals surface area contributed by atoms with Gasteiger partial charge < -0.3 is 0 Å². The molecule has 0 amide bonds. The second-order valence-corrected chi connectivity index (χ2v) is 12.8. The number of carbonyl (C=O) groups is 2. The predicted molar refractivity (Wildman–Crippen MR) is 25.2 cm³/mol. The second kappa shape index (κ2) is 2.77. The number of halogens is 2. The van der Waals surface area contributed by atoms with E-state index in [0.717, 1.165) is 0 Å². The summed E-state index contributed by atoms with van der Waals surface area (Å²) in [5.41, 5.74) is 0. The summed E-state index contributed by atoms with van der Waals surface area (Å²) in [5.74, 6) is 0. The third kappa shape index (κ3) is 3.18. The summed E-state index contributed by atoms with van der Waals surface area (Å²) in [4.78, 5) is 20.0. The van der Waals surface area contributed by atoms with Gasteiger partial charge in [-0.25, -0.2) is 0 Å². The molecule has 0 rings (SSSR count). The molecular weight excluding hydrogens is 319 g/mol. The molecule has 5 heteroatoms. The van der Waals surface area contributed by atoms with Gasteiger partial charge in [0.15, 0.2) is 0 Å². The third-order valence-electron chi connectivity index (χ3n) is 0.210. The van der Waals surface area contributed by atoms with Crippen molar-refractivity contribution in [1.82, 2.24) is 0 Å².